The van der Waals surface area contributed by atoms with Crippen molar-refractivity contribution >= 4 is 21.6 Å². The molecule has 3 nitrogen and oxygen atoms in total. The highest BCUT2D eigenvalue weighted by Crippen LogP contribution is 2.10. The predicted octanol–water partition coefficient (Wildman–Crippen LogP) is 2.61. The summed E-state index contributed by atoms with van der Waals surface area (Å²) in [4.78, 5) is 0. The summed E-state index contributed by atoms with van der Waals surface area (Å²) in [5.74, 6) is 0.176. The zero-order valence-corrected chi connectivity index (χ0v) is 11.8. The highest BCUT2D eigenvalue weighted by Gasteiger charge is 2.17. The summed E-state index contributed by atoms with van der Waals surface area (Å²) in [6.07, 6.45) is 1.22. The summed E-state index contributed by atoms with van der Waals surface area (Å²) < 4.78 is 38.0. The molecule has 0 aliphatic rings. The van der Waals surface area contributed by atoms with E-state index in [9.17, 15) is 12.8 Å². The van der Waals surface area contributed by atoms with Crippen LogP contribution in [-0.4, -0.2) is 31.4 Å². The topological polar surface area (TPSA) is 37.4 Å². The van der Waals surface area contributed by atoms with Crippen LogP contribution in [-0.2, 0) is 16.6 Å². The Kier molecular flexibility index (Phi) is 6.05. The van der Waals surface area contributed by atoms with Crippen molar-refractivity contribution in [3.63, 3.8) is 0 Å². The van der Waals surface area contributed by atoms with Crippen molar-refractivity contribution in [3.05, 3.63) is 35.6 Å². The summed E-state index contributed by atoms with van der Waals surface area (Å²) in [6.45, 7) is 0.182. The van der Waals surface area contributed by atoms with Crippen molar-refractivity contribution < 1.29 is 12.8 Å². The zero-order chi connectivity index (χ0) is 13.6. The molecule has 0 unspecified atom stereocenters. The third-order valence-electron chi connectivity index (χ3n) is 2.56. The second kappa shape index (κ2) is 7.07. The highest BCUT2D eigenvalue weighted by atomic mass is 35.5. The SMILES string of the molecule is CN(Cc1cccc(F)c1)S(=O)(=O)CCCCCl. The minimum absolute atomic E-state index is 0.0749. The molecule has 0 amide bonds. The molecule has 0 saturated heterocycles. The van der Waals surface area contributed by atoms with Crippen LogP contribution in [0.15, 0.2) is 24.3 Å². The second-order valence-electron chi connectivity index (χ2n) is 4.10. The van der Waals surface area contributed by atoms with Gasteiger partial charge in [-0.05, 0) is 30.5 Å². The molecule has 0 aliphatic carbocycles. The first kappa shape index (κ1) is 15.4. The number of nitrogens with zero attached hydrogens (tertiary/aromatic N) is 1. The van der Waals surface area contributed by atoms with Gasteiger partial charge in [-0.15, -0.1) is 11.6 Å². The molecule has 0 spiro atoms. The molecule has 0 N–H and O–H groups in total. The minimum atomic E-state index is -3.29. The van der Waals surface area contributed by atoms with Gasteiger partial charge in [0.2, 0.25) is 10.0 Å². The molecule has 0 heterocycles. The normalized spacial score (nSPS) is 12.0. The minimum Gasteiger partial charge on any atom is -0.212 e. The summed E-state index contributed by atoms with van der Waals surface area (Å²) in [7, 11) is -1.79. The smallest absolute Gasteiger partial charge is 0.212 e. The van der Waals surface area contributed by atoms with E-state index in [-0.39, 0.29) is 18.1 Å². The van der Waals surface area contributed by atoms with Crippen LogP contribution in [0.1, 0.15) is 18.4 Å². The van der Waals surface area contributed by atoms with Crippen LogP contribution in [0, 0.1) is 5.82 Å². The van der Waals surface area contributed by atoms with Gasteiger partial charge in [-0.2, -0.15) is 0 Å². The van der Waals surface area contributed by atoms with E-state index in [1.54, 1.807) is 12.1 Å². The van der Waals surface area contributed by atoms with Crippen LogP contribution in [0.25, 0.3) is 0 Å². The third kappa shape index (κ3) is 4.92. The van der Waals surface area contributed by atoms with Gasteiger partial charge in [0.25, 0.3) is 0 Å². The summed E-state index contributed by atoms with van der Waals surface area (Å²) in [5.41, 5.74) is 0.637. The molecule has 6 heteroatoms. The van der Waals surface area contributed by atoms with Crippen LogP contribution in [0.4, 0.5) is 4.39 Å². The maximum Gasteiger partial charge on any atom is 0.214 e. The Morgan fingerprint density at radius 2 is 2.06 bits per heavy atom. The van der Waals surface area contributed by atoms with E-state index in [1.807, 2.05) is 0 Å². The molecule has 0 radical (unpaired) electrons. The number of benzene rings is 1. The van der Waals surface area contributed by atoms with Gasteiger partial charge in [0.1, 0.15) is 5.82 Å². The molecular weight excluding hydrogens is 277 g/mol. The lowest BCUT2D eigenvalue weighted by atomic mass is 10.2. The van der Waals surface area contributed by atoms with E-state index < -0.39 is 10.0 Å². The lowest BCUT2D eigenvalue weighted by Crippen LogP contribution is -2.28. The quantitative estimate of drug-likeness (QED) is 0.572. The number of hydrogen-bond donors (Lipinski definition) is 0. The van der Waals surface area contributed by atoms with Gasteiger partial charge in [0.05, 0.1) is 5.75 Å². The summed E-state index contributed by atoms with van der Waals surface area (Å²) >= 11 is 5.51. The Hall–Kier alpha value is -0.650. The van der Waals surface area contributed by atoms with Crippen LogP contribution in [0.2, 0.25) is 0 Å². The van der Waals surface area contributed by atoms with Crippen LogP contribution < -0.4 is 0 Å². The van der Waals surface area contributed by atoms with E-state index in [1.165, 1.54) is 23.5 Å². The second-order valence-corrected chi connectivity index (χ2v) is 6.67. The van der Waals surface area contributed by atoms with Crippen LogP contribution >= 0.6 is 11.6 Å². The Bertz CT molecular complexity index is 479. The Balaban J connectivity index is 2.61. The van der Waals surface area contributed by atoms with E-state index >= 15 is 0 Å². The molecule has 1 rings (SSSR count). The fourth-order valence-electron chi connectivity index (χ4n) is 1.53. The van der Waals surface area contributed by atoms with Gasteiger partial charge in [-0.1, -0.05) is 12.1 Å². The average molecular weight is 294 g/mol. The standard InChI is InChI=1S/C12H17ClFNO2S/c1-15(18(16,17)8-3-2-7-13)10-11-5-4-6-12(14)9-11/h4-6,9H,2-3,7-8,10H2,1H3. The van der Waals surface area contributed by atoms with Crippen molar-refractivity contribution in [1.29, 1.82) is 0 Å². The van der Waals surface area contributed by atoms with Crippen molar-refractivity contribution in [2.75, 3.05) is 18.7 Å². The molecule has 0 aliphatic heterocycles. The van der Waals surface area contributed by atoms with E-state index in [2.05, 4.69) is 0 Å². The largest absolute Gasteiger partial charge is 0.214 e. The number of halogens is 2. The lowest BCUT2D eigenvalue weighted by molar-refractivity contribution is 0.464. The van der Waals surface area contributed by atoms with Gasteiger partial charge in [0, 0.05) is 19.5 Å². The number of hydrogen-bond acceptors (Lipinski definition) is 2. The fraction of sp³-hybridized carbons (Fsp3) is 0.500. The molecule has 0 saturated carbocycles. The van der Waals surface area contributed by atoms with Gasteiger partial charge in [-0.3, -0.25) is 0 Å². The maximum absolute atomic E-state index is 13.0. The first-order chi connectivity index (χ1) is 8.45. The van der Waals surface area contributed by atoms with Crippen molar-refractivity contribution in [2.24, 2.45) is 0 Å². The van der Waals surface area contributed by atoms with Crippen LogP contribution in [0.5, 0.6) is 0 Å². The zero-order valence-electron chi connectivity index (χ0n) is 10.3. The Morgan fingerprint density at radius 3 is 2.67 bits per heavy atom. The van der Waals surface area contributed by atoms with Crippen molar-refractivity contribution in [2.45, 2.75) is 19.4 Å². The predicted molar refractivity (Wildman–Crippen MR) is 71.6 cm³/mol. The molecule has 0 fully saturated rings. The van der Waals surface area contributed by atoms with E-state index in [4.69, 9.17) is 11.6 Å². The molecule has 0 bridgehead atoms. The van der Waals surface area contributed by atoms with Gasteiger partial charge >= 0.3 is 0 Å². The fourth-order valence-corrected chi connectivity index (χ4v) is 2.94. The van der Waals surface area contributed by atoms with Crippen molar-refractivity contribution in [1.82, 2.24) is 4.31 Å². The summed E-state index contributed by atoms with van der Waals surface area (Å²) in [6, 6.07) is 5.94. The van der Waals surface area contributed by atoms with E-state index in [0.29, 0.717) is 24.3 Å². The Morgan fingerprint density at radius 1 is 1.33 bits per heavy atom. The van der Waals surface area contributed by atoms with Gasteiger partial charge in [-0.25, -0.2) is 17.1 Å². The first-order valence-electron chi connectivity index (χ1n) is 5.70. The molecule has 0 aromatic heterocycles. The monoisotopic (exact) mass is 293 g/mol. The van der Waals surface area contributed by atoms with Crippen LogP contribution in [0.3, 0.4) is 0 Å². The Labute approximate surface area is 113 Å². The van der Waals surface area contributed by atoms with Gasteiger partial charge < -0.3 is 0 Å². The average Bonchev–Trinajstić information content (AvgIpc) is 2.29. The first-order valence-corrected chi connectivity index (χ1v) is 7.84. The third-order valence-corrected chi connectivity index (χ3v) is 4.71. The number of unbranched alkanes of at least 4 members (excludes halogenated alkanes) is 1. The number of sulfonamides is 1. The molecule has 1 aromatic carbocycles. The number of rotatable bonds is 7. The summed E-state index contributed by atoms with van der Waals surface area (Å²) in [5, 5.41) is 0. The molecular formula is C12H17ClFNO2S. The van der Waals surface area contributed by atoms with Gasteiger partial charge in [0.15, 0.2) is 0 Å². The molecule has 1 aromatic rings. The molecule has 102 valence electrons. The van der Waals surface area contributed by atoms with E-state index in [0.717, 1.165) is 0 Å². The lowest BCUT2D eigenvalue weighted by Gasteiger charge is -2.17. The molecule has 18 heavy (non-hydrogen) atoms. The van der Waals surface area contributed by atoms with Crippen molar-refractivity contribution in [3.8, 4) is 0 Å². The molecule has 0 atom stereocenters. The number of alkyl halides is 1. The highest BCUT2D eigenvalue weighted by molar-refractivity contribution is 7.89. The maximum atomic E-state index is 13.0.